The largest absolute Gasteiger partial charge is 0.382 e. The molecule has 0 aliphatic heterocycles. The summed E-state index contributed by atoms with van der Waals surface area (Å²) >= 11 is 0. The van der Waals surface area contributed by atoms with E-state index in [1.807, 2.05) is 48.0 Å². The molecule has 3 N–H and O–H groups in total. The Labute approximate surface area is 131 Å². The Morgan fingerprint density at radius 1 is 1.09 bits per heavy atom. The Morgan fingerprint density at radius 3 is 2.65 bits per heavy atom. The van der Waals surface area contributed by atoms with Crippen LogP contribution in [0.2, 0.25) is 0 Å². The molecule has 23 heavy (non-hydrogen) atoms. The first kappa shape index (κ1) is 13.3. The third-order valence-electron chi connectivity index (χ3n) is 3.52. The molecule has 0 spiro atoms. The van der Waals surface area contributed by atoms with Crippen molar-refractivity contribution in [2.24, 2.45) is 7.05 Å². The molecule has 4 rings (SSSR count). The topological polar surface area (TPSA) is 99.5 Å². The Kier molecular flexibility index (Phi) is 2.94. The predicted molar refractivity (Wildman–Crippen MR) is 87.6 cm³/mol. The minimum atomic E-state index is 0.328. The zero-order valence-corrected chi connectivity index (χ0v) is 12.4. The number of imidazole rings is 1. The molecule has 1 aromatic carbocycles. The van der Waals surface area contributed by atoms with Crippen LogP contribution in [0.3, 0.4) is 0 Å². The summed E-state index contributed by atoms with van der Waals surface area (Å²) in [5.41, 5.74) is 8.20. The number of para-hydroxylation sites is 1. The number of aryl methyl sites for hydroxylation is 1. The van der Waals surface area contributed by atoms with E-state index < -0.39 is 0 Å². The molecular weight excluding hydrogens is 292 g/mol. The molecule has 8 nitrogen and oxygen atoms in total. The summed E-state index contributed by atoms with van der Waals surface area (Å²) in [4.78, 5) is 13.1. The minimum absolute atomic E-state index is 0.328. The van der Waals surface area contributed by atoms with Gasteiger partial charge in [-0.05, 0) is 12.1 Å². The number of rotatable bonds is 3. The number of nitrogens with two attached hydrogens (primary N) is 1. The van der Waals surface area contributed by atoms with Crippen molar-refractivity contribution in [2.45, 2.75) is 0 Å². The van der Waals surface area contributed by atoms with Gasteiger partial charge in [0.1, 0.15) is 12.1 Å². The van der Waals surface area contributed by atoms with Gasteiger partial charge in [-0.25, -0.2) is 4.98 Å². The molecule has 3 aromatic heterocycles. The van der Waals surface area contributed by atoms with Crippen LogP contribution in [-0.4, -0.2) is 29.3 Å². The third-order valence-corrected chi connectivity index (χ3v) is 3.52. The number of fused-ring (bicyclic) bond motifs is 1. The first-order valence-electron chi connectivity index (χ1n) is 7.03. The van der Waals surface area contributed by atoms with Crippen molar-refractivity contribution < 1.29 is 0 Å². The van der Waals surface area contributed by atoms with Crippen LogP contribution in [-0.2, 0) is 7.05 Å². The second kappa shape index (κ2) is 5.09. The molecular formula is C15H14N8. The van der Waals surface area contributed by atoms with E-state index in [1.165, 1.54) is 0 Å². The van der Waals surface area contributed by atoms with Gasteiger partial charge in [-0.1, -0.05) is 18.2 Å². The Hall–Kier alpha value is -3.42. The second-order valence-electron chi connectivity index (χ2n) is 5.02. The van der Waals surface area contributed by atoms with Gasteiger partial charge in [0.15, 0.2) is 17.0 Å². The lowest BCUT2D eigenvalue weighted by atomic mass is 10.3. The first-order valence-corrected chi connectivity index (χ1v) is 7.03. The normalized spacial score (nSPS) is 11.0. The number of anilines is 3. The number of hydrogen-bond acceptors (Lipinski definition) is 6. The molecule has 0 atom stereocenters. The lowest BCUT2D eigenvalue weighted by molar-refractivity contribution is 0.775. The molecule has 0 saturated heterocycles. The fourth-order valence-electron chi connectivity index (χ4n) is 2.37. The van der Waals surface area contributed by atoms with E-state index in [4.69, 9.17) is 5.73 Å². The van der Waals surface area contributed by atoms with E-state index in [0.717, 1.165) is 11.5 Å². The highest BCUT2D eigenvalue weighted by Gasteiger charge is 2.13. The highest BCUT2D eigenvalue weighted by atomic mass is 15.3. The molecule has 0 unspecified atom stereocenters. The van der Waals surface area contributed by atoms with Crippen LogP contribution in [0.5, 0.6) is 0 Å². The van der Waals surface area contributed by atoms with Crippen LogP contribution < -0.4 is 11.1 Å². The van der Waals surface area contributed by atoms with Crippen LogP contribution in [0.4, 0.5) is 17.6 Å². The second-order valence-corrected chi connectivity index (χ2v) is 5.02. The molecule has 114 valence electrons. The Balaban J connectivity index is 1.84. The van der Waals surface area contributed by atoms with E-state index in [0.29, 0.717) is 22.9 Å². The van der Waals surface area contributed by atoms with Crippen molar-refractivity contribution in [1.82, 2.24) is 29.3 Å². The van der Waals surface area contributed by atoms with Gasteiger partial charge in [-0.15, -0.1) is 0 Å². The first-order chi connectivity index (χ1) is 11.2. The van der Waals surface area contributed by atoms with Crippen LogP contribution in [0.25, 0.3) is 16.9 Å². The molecule has 0 fully saturated rings. The summed E-state index contributed by atoms with van der Waals surface area (Å²) in [6.07, 6.45) is 3.39. The summed E-state index contributed by atoms with van der Waals surface area (Å²) in [5, 5.41) is 7.21. The molecule has 0 radical (unpaired) electrons. The number of nitrogens with zero attached hydrogens (tertiary/aromatic N) is 6. The number of nitrogens with one attached hydrogen (secondary N) is 1. The summed E-state index contributed by atoms with van der Waals surface area (Å²) in [6.45, 7) is 0. The summed E-state index contributed by atoms with van der Waals surface area (Å²) in [7, 11) is 1.83. The van der Waals surface area contributed by atoms with E-state index in [-0.39, 0.29) is 0 Å². The lowest BCUT2D eigenvalue weighted by Crippen LogP contribution is -2.06. The van der Waals surface area contributed by atoms with E-state index in [1.54, 1.807) is 17.2 Å². The van der Waals surface area contributed by atoms with Gasteiger partial charge < -0.3 is 11.1 Å². The molecule has 0 bridgehead atoms. The number of aromatic nitrogens is 6. The van der Waals surface area contributed by atoms with Gasteiger partial charge in [0.25, 0.3) is 0 Å². The van der Waals surface area contributed by atoms with E-state index in [9.17, 15) is 0 Å². The molecule has 0 aliphatic carbocycles. The van der Waals surface area contributed by atoms with Crippen LogP contribution >= 0.6 is 0 Å². The van der Waals surface area contributed by atoms with E-state index >= 15 is 0 Å². The standard InChI is InChI=1S/C15H14N8/c1-22-11(7-8-18-22)19-15-20-13(16)12-14(21-15)23(9-17-12)10-5-3-2-4-6-10/h2-9H,1H3,(H3,16,19,20,21). The number of benzene rings is 1. The van der Waals surface area contributed by atoms with Crippen molar-refractivity contribution in [3.8, 4) is 5.69 Å². The predicted octanol–water partition coefficient (Wildman–Crippen LogP) is 1.87. The summed E-state index contributed by atoms with van der Waals surface area (Å²) in [5.74, 6) is 1.50. The van der Waals surface area contributed by atoms with Gasteiger partial charge in [0.05, 0.1) is 6.20 Å². The van der Waals surface area contributed by atoms with Crippen LogP contribution in [0, 0.1) is 0 Å². The van der Waals surface area contributed by atoms with Gasteiger partial charge in [-0.2, -0.15) is 15.1 Å². The molecule has 3 heterocycles. The molecule has 8 heteroatoms. The van der Waals surface area contributed by atoms with Gasteiger partial charge in [0.2, 0.25) is 5.95 Å². The summed E-state index contributed by atoms with van der Waals surface area (Å²) in [6, 6.07) is 11.7. The molecule has 0 saturated carbocycles. The molecule has 0 aliphatic rings. The minimum Gasteiger partial charge on any atom is -0.382 e. The maximum Gasteiger partial charge on any atom is 0.232 e. The monoisotopic (exact) mass is 306 g/mol. The fraction of sp³-hybridized carbons (Fsp3) is 0.0667. The van der Waals surface area contributed by atoms with Gasteiger partial charge in [0, 0.05) is 18.8 Å². The average molecular weight is 306 g/mol. The van der Waals surface area contributed by atoms with Crippen molar-refractivity contribution in [3.63, 3.8) is 0 Å². The highest BCUT2D eigenvalue weighted by molar-refractivity contribution is 5.84. The lowest BCUT2D eigenvalue weighted by Gasteiger charge is -2.07. The SMILES string of the molecule is Cn1nccc1Nc1nc(N)c2ncn(-c3ccccc3)c2n1. The van der Waals surface area contributed by atoms with E-state index in [2.05, 4.69) is 25.4 Å². The van der Waals surface area contributed by atoms with Crippen LogP contribution in [0.1, 0.15) is 0 Å². The third kappa shape index (κ3) is 2.26. The van der Waals surface area contributed by atoms with Gasteiger partial charge >= 0.3 is 0 Å². The van der Waals surface area contributed by atoms with Crippen molar-refractivity contribution in [3.05, 3.63) is 48.9 Å². The maximum absolute atomic E-state index is 6.03. The number of hydrogen-bond donors (Lipinski definition) is 2. The van der Waals surface area contributed by atoms with Crippen molar-refractivity contribution in [2.75, 3.05) is 11.1 Å². The summed E-state index contributed by atoms with van der Waals surface area (Å²) < 4.78 is 3.57. The molecule has 0 amide bonds. The smallest absolute Gasteiger partial charge is 0.232 e. The number of nitrogen functional groups attached to an aromatic ring is 1. The van der Waals surface area contributed by atoms with Crippen molar-refractivity contribution in [1.29, 1.82) is 0 Å². The molecule has 4 aromatic rings. The zero-order valence-electron chi connectivity index (χ0n) is 12.4. The zero-order chi connectivity index (χ0) is 15.8. The quantitative estimate of drug-likeness (QED) is 0.599. The fourth-order valence-corrected chi connectivity index (χ4v) is 2.37. The Bertz CT molecular complexity index is 970. The maximum atomic E-state index is 6.03. The van der Waals surface area contributed by atoms with Crippen molar-refractivity contribution >= 4 is 28.7 Å². The van der Waals surface area contributed by atoms with Gasteiger partial charge in [-0.3, -0.25) is 9.25 Å². The highest BCUT2D eigenvalue weighted by Crippen LogP contribution is 2.22. The average Bonchev–Trinajstić information content (AvgIpc) is 3.15. The van der Waals surface area contributed by atoms with Crippen LogP contribution in [0.15, 0.2) is 48.9 Å². The Morgan fingerprint density at radius 2 is 1.91 bits per heavy atom.